The van der Waals surface area contributed by atoms with E-state index < -0.39 is 35.1 Å². The van der Waals surface area contributed by atoms with Gasteiger partial charge in [0.15, 0.2) is 5.75 Å². The van der Waals surface area contributed by atoms with Crippen molar-refractivity contribution in [2.45, 2.75) is 6.36 Å². The van der Waals surface area contributed by atoms with Crippen LogP contribution in [0.2, 0.25) is 0 Å². The lowest BCUT2D eigenvalue weighted by Gasteiger charge is -2.11. The maximum absolute atomic E-state index is 13.1. The van der Waals surface area contributed by atoms with Gasteiger partial charge in [0, 0.05) is 6.07 Å². The summed E-state index contributed by atoms with van der Waals surface area (Å²) < 4.78 is 51.9. The molecule has 0 heterocycles. The molecular weight excluding hydrogens is 232 g/mol. The van der Waals surface area contributed by atoms with Crippen molar-refractivity contribution in [1.29, 1.82) is 0 Å². The van der Waals surface area contributed by atoms with E-state index in [0.717, 1.165) is 0 Å². The molecule has 1 rings (SSSR count). The standard InChI is InChI=1S/C8H6F4N2O2/c9-4-2-6(16-8(10,11)12)5(13)1-3(4)7(14)15/h1-2H,13H2,(H2,14,15). The highest BCUT2D eigenvalue weighted by molar-refractivity contribution is 5.94. The number of benzene rings is 1. The van der Waals surface area contributed by atoms with Crippen LogP contribution in [0, 0.1) is 5.82 Å². The first-order chi connectivity index (χ1) is 7.20. The molecule has 4 N–H and O–H groups in total. The smallest absolute Gasteiger partial charge is 0.403 e. The van der Waals surface area contributed by atoms with Crippen LogP contribution in [0.15, 0.2) is 12.1 Å². The molecule has 0 aliphatic heterocycles. The van der Waals surface area contributed by atoms with Gasteiger partial charge in [0.05, 0.1) is 11.3 Å². The fraction of sp³-hybridized carbons (Fsp3) is 0.125. The van der Waals surface area contributed by atoms with Crippen molar-refractivity contribution in [2.75, 3.05) is 5.73 Å². The Morgan fingerprint density at radius 1 is 1.31 bits per heavy atom. The van der Waals surface area contributed by atoms with E-state index in [1.54, 1.807) is 0 Å². The minimum absolute atomic E-state index is 0.350. The molecule has 0 saturated carbocycles. The molecule has 1 aromatic carbocycles. The number of hydrogen-bond acceptors (Lipinski definition) is 3. The molecule has 0 aliphatic rings. The van der Waals surface area contributed by atoms with E-state index in [9.17, 15) is 22.4 Å². The second-order valence-electron chi connectivity index (χ2n) is 2.78. The number of nitrogen functional groups attached to an aromatic ring is 1. The largest absolute Gasteiger partial charge is 0.573 e. The Hall–Kier alpha value is -1.99. The molecule has 1 amide bonds. The van der Waals surface area contributed by atoms with Crippen LogP contribution >= 0.6 is 0 Å². The topological polar surface area (TPSA) is 78.3 Å². The van der Waals surface area contributed by atoms with Gasteiger partial charge in [-0.3, -0.25) is 4.79 Å². The fourth-order valence-electron chi connectivity index (χ4n) is 0.974. The molecule has 88 valence electrons. The van der Waals surface area contributed by atoms with Crippen molar-refractivity contribution in [3.05, 3.63) is 23.5 Å². The Balaban J connectivity index is 3.16. The lowest BCUT2D eigenvalue weighted by Crippen LogP contribution is -2.19. The van der Waals surface area contributed by atoms with Crippen LogP contribution in [0.4, 0.5) is 23.2 Å². The molecule has 0 aromatic heterocycles. The monoisotopic (exact) mass is 238 g/mol. The number of hydrogen-bond donors (Lipinski definition) is 2. The van der Waals surface area contributed by atoms with Crippen LogP contribution in [0.5, 0.6) is 5.75 Å². The molecule has 8 heteroatoms. The quantitative estimate of drug-likeness (QED) is 0.603. The summed E-state index contributed by atoms with van der Waals surface area (Å²) in [4.78, 5) is 10.6. The summed E-state index contributed by atoms with van der Waals surface area (Å²) in [6, 6.07) is 1.03. The molecule has 0 spiro atoms. The summed E-state index contributed by atoms with van der Waals surface area (Å²) in [5.41, 5.74) is 8.76. The zero-order chi connectivity index (χ0) is 12.5. The number of nitrogens with two attached hydrogens (primary N) is 2. The van der Waals surface area contributed by atoms with E-state index in [4.69, 9.17) is 11.5 Å². The molecule has 0 aliphatic carbocycles. The fourth-order valence-corrected chi connectivity index (χ4v) is 0.974. The van der Waals surface area contributed by atoms with Crippen molar-refractivity contribution in [1.82, 2.24) is 0 Å². The molecule has 4 nitrogen and oxygen atoms in total. The lowest BCUT2D eigenvalue weighted by atomic mass is 10.1. The van der Waals surface area contributed by atoms with Gasteiger partial charge in [-0.25, -0.2) is 4.39 Å². The van der Waals surface area contributed by atoms with Crippen LogP contribution in [-0.2, 0) is 0 Å². The highest BCUT2D eigenvalue weighted by Crippen LogP contribution is 2.30. The van der Waals surface area contributed by atoms with Crippen LogP contribution in [-0.4, -0.2) is 12.3 Å². The van der Waals surface area contributed by atoms with Crippen molar-refractivity contribution in [3.63, 3.8) is 0 Å². The first-order valence-corrected chi connectivity index (χ1v) is 3.85. The van der Waals surface area contributed by atoms with Crippen molar-refractivity contribution >= 4 is 11.6 Å². The predicted molar refractivity (Wildman–Crippen MR) is 46.0 cm³/mol. The van der Waals surface area contributed by atoms with Crippen molar-refractivity contribution in [3.8, 4) is 5.75 Å². The highest BCUT2D eigenvalue weighted by atomic mass is 19.4. The number of ether oxygens (including phenoxy) is 1. The highest BCUT2D eigenvalue weighted by Gasteiger charge is 2.32. The molecule has 0 bridgehead atoms. The zero-order valence-electron chi connectivity index (χ0n) is 7.64. The first kappa shape index (κ1) is 12.1. The summed E-state index contributed by atoms with van der Waals surface area (Å²) in [5.74, 6) is -3.29. The van der Waals surface area contributed by atoms with Crippen molar-refractivity contribution < 1.29 is 27.1 Å². The minimum Gasteiger partial charge on any atom is -0.403 e. The minimum atomic E-state index is -4.99. The summed E-state index contributed by atoms with van der Waals surface area (Å²) in [6.07, 6.45) is -4.99. The summed E-state index contributed by atoms with van der Waals surface area (Å²) >= 11 is 0. The third kappa shape index (κ3) is 2.75. The number of amides is 1. The van der Waals surface area contributed by atoms with Crippen LogP contribution < -0.4 is 16.2 Å². The maximum atomic E-state index is 13.1. The Labute approximate surface area is 86.8 Å². The van der Waals surface area contributed by atoms with Gasteiger partial charge >= 0.3 is 6.36 Å². The maximum Gasteiger partial charge on any atom is 0.573 e. The van der Waals surface area contributed by atoms with Gasteiger partial charge in [-0.05, 0) is 6.07 Å². The molecule has 1 aromatic rings. The number of anilines is 1. The lowest BCUT2D eigenvalue weighted by molar-refractivity contribution is -0.274. The van der Waals surface area contributed by atoms with Gasteiger partial charge < -0.3 is 16.2 Å². The third-order valence-corrected chi connectivity index (χ3v) is 1.59. The average Bonchev–Trinajstić information content (AvgIpc) is 2.07. The van der Waals surface area contributed by atoms with Gasteiger partial charge in [0.1, 0.15) is 5.82 Å². The Morgan fingerprint density at radius 3 is 2.31 bits per heavy atom. The van der Waals surface area contributed by atoms with E-state index in [0.29, 0.717) is 12.1 Å². The molecule has 16 heavy (non-hydrogen) atoms. The average molecular weight is 238 g/mol. The van der Waals surface area contributed by atoms with Crippen LogP contribution in [0.1, 0.15) is 10.4 Å². The number of carbonyl (C=O) groups excluding carboxylic acids is 1. The number of rotatable bonds is 2. The predicted octanol–water partition coefficient (Wildman–Crippen LogP) is 1.41. The van der Waals surface area contributed by atoms with Crippen LogP contribution in [0.3, 0.4) is 0 Å². The number of carbonyl (C=O) groups is 1. The number of alkyl halides is 3. The summed E-state index contributed by atoms with van der Waals surface area (Å²) in [7, 11) is 0. The summed E-state index contributed by atoms with van der Waals surface area (Å²) in [6.45, 7) is 0. The number of halogens is 4. The first-order valence-electron chi connectivity index (χ1n) is 3.85. The molecule has 0 radical (unpaired) electrons. The van der Waals surface area contributed by atoms with E-state index in [1.165, 1.54) is 0 Å². The van der Waals surface area contributed by atoms with E-state index >= 15 is 0 Å². The van der Waals surface area contributed by atoms with Gasteiger partial charge in [0.25, 0.3) is 5.91 Å². The Morgan fingerprint density at radius 2 is 1.88 bits per heavy atom. The normalized spacial score (nSPS) is 11.2. The second kappa shape index (κ2) is 3.87. The van der Waals surface area contributed by atoms with Gasteiger partial charge in [-0.1, -0.05) is 0 Å². The van der Waals surface area contributed by atoms with E-state index in [2.05, 4.69) is 4.74 Å². The Kier molecular flexibility index (Phi) is 2.92. The SMILES string of the molecule is NC(=O)c1cc(N)c(OC(F)(F)F)cc1F. The van der Waals surface area contributed by atoms with Gasteiger partial charge in [-0.15, -0.1) is 13.2 Å². The van der Waals surface area contributed by atoms with Crippen molar-refractivity contribution in [2.24, 2.45) is 5.73 Å². The van der Waals surface area contributed by atoms with Crippen LogP contribution in [0.25, 0.3) is 0 Å². The summed E-state index contributed by atoms with van der Waals surface area (Å²) in [5, 5.41) is 0. The van der Waals surface area contributed by atoms with Gasteiger partial charge in [-0.2, -0.15) is 0 Å². The Bertz CT molecular complexity index is 431. The molecule has 0 atom stereocenters. The second-order valence-corrected chi connectivity index (χ2v) is 2.78. The number of primary amides is 1. The molecule has 0 fully saturated rings. The van der Waals surface area contributed by atoms with E-state index in [-0.39, 0.29) is 0 Å². The molecular formula is C8H6F4N2O2. The van der Waals surface area contributed by atoms with Gasteiger partial charge in [0.2, 0.25) is 0 Å². The van der Waals surface area contributed by atoms with E-state index in [1.807, 2.05) is 0 Å². The zero-order valence-corrected chi connectivity index (χ0v) is 7.64. The third-order valence-electron chi connectivity index (χ3n) is 1.59. The molecule has 0 unspecified atom stereocenters. The molecule has 0 saturated heterocycles.